The normalized spacial score (nSPS) is 11.8. The minimum atomic E-state index is -0.616. The second-order valence-corrected chi connectivity index (χ2v) is 8.17. The van der Waals surface area contributed by atoms with Crippen LogP contribution in [-0.2, 0) is 4.79 Å². The molecular formula is C23H19ClN4O2S. The fraction of sp³-hybridized carbons (Fsp3) is 0.0870. The van der Waals surface area contributed by atoms with E-state index in [1.807, 2.05) is 71.3 Å². The highest BCUT2D eigenvalue weighted by Gasteiger charge is 2.25. The summed E-state index contributed by atoms with van der Waals surface area (Å²) in [6, 6.07) is 24.3. The van der Waals surface area contributed by atoms with Gasteiger partial charge in [-0.3, -0.25) is 9.36 Å². The van der Waals surface area contributed by atoms with Crippen LogP contribution in [0.3, 0.4) is 0 Å². The van der Waals surface area contributed by atoms with Gasteiger partial charge >= 0.3 is 0 Å². The van der Waals surface area contributed by atoms with Gasteiger partial charge in [-0.15, -0.1) is 10.2 Å². The van der Waals surface area contributed by atoms with Gasteiger partial charge < -0.3 is 10.5 Å². The van der Waals surface area contributed by atoms with E-state index in [1.54, 1.807) is 19.2 Å². The number of methoxy groups -OCH3 is 1. The number of hydrogen-bond donors (Lipinski definition) is 1. The molecule has 31 heavy (non-hydrogen) atoms. The molecule has 0 aliphatic carbocycles. The van der Waals surface area contributed by atoms with Crippen LogP contribution in [0.2, 0.25) is 5.02 Å². The number of carbonyl (C=O) groups is 1. The standard InChI is InChI=1S/C23H19ClN4O2S/c1-30-19-9-5-8-16(14-19)22-26-27-23(28(22)18-12-10-17(24)11-13-18)31-20(21(25)29)15-6-3-2-4-7-15/h2-14,20H,1H3,(H2,25,29). The Hall–Kier alpha value is -3.29. The molecule has 0 spiro atoms. The summed E-state index contributed by atoms with van der Waals surface area (Å²) >= 11 is 7.34. The van der Waals surface area contributed by atoms with Crippen LogP contribution >= 0.6 is 23.4 Å². The van der Waals surface area contributed by atoms with Gasteiger partial charge in [0.15, 0.2) is 11.0 Å². The quantitative estimate of drug-likeness (QED) is 0.404. The van der Waals surface area contributed by atoms with E-state index in [4.69, 9.17) is 22.1 Å². The summed E-state index contributed by atoms with van der Waals surface area (Å²) in [6.45, 7) is 0. The van der Waals surface area contributed by atoms with Gasteiger partial charge in [-0.1, -0.05) is 65.8 Å². The first-order valence-electron chi connectivity index (χ1n) is 9.43. The Morgan fingerprint density at radius 1 is 1.03 bits per heavy atom. The third-order valence-corrected chi connectivity index (χ3v) is 6.10. The molecular weight excluding hydrogens is 432 g/mol. The summed E-state index contributed by atoms with van der Waals surface area (Å²) in [6.07, 6.45) is 0. The second kappa shape index (κ2) is 9.24. The molecule has 8 heteroatoms. The molecule has 0 radical (unpaired) electrons. The van der Waals surface area contributed by atoms with Crippen molar-refractivity contribution in [1.82, 2.24) is 14.8 Å². The number of rotatable bonds is 7. The van der Waals surface area contributed by atoms with Crippen LogP contribution in [0.25, 0.3) is 17.1 Å². The summed E-state index contributed by atoms with van der Waals surface area (Å²) in [5.74, 6) is 0.862. The molecule has 4 rings (SSSR count). The number of nitrogens with zero attached hydrogens (tertiary/aromatic N) is 3. The van der Waals surface area contributed by atoms with E-state index in [0.717, 1.165) is 16.8 Å². The number of thioether (sulfide) groups is 1. The summed E-state index contributed by atoms with van der Waals surface area (Å²) in [5, 5.41) is 9.34. The number of ether oxygens (including phenoxy) is 1. The molecule has 4 aromatic rings. The maximum absolute atomic E-state index is 12.3. The molecule has 1 unspecified atom stereocenters. The van der Waals surface area contributed by atoms with Crippen molar-refractivity contribution in [3.8, 4) is 22.8 Å². The largest absolute Gasteiger partial charge is 0.497 e. The van der Waals surface area contributed by atoms with Crippen molar-refractivity contribution in [2.75, 3.05) is 7.11 Å². The molecule has 1 amide bonds. The molecule has 0 bridgehead atoms. The van der Waals surface area contributed by atoms with Crippen LogP contribution < -0.4 is 10.5 Å². The molecule has 0 fully saturated rings. The van der Waals surface area contributed by atoms with Crippen molar-refractivity contribution in [1.29, 1.82) is 0 Å². The minimum absolute atomic E-state index is 0.454. The first-order valence-corrected chi connectivity index (χ1v) is 10.7. The van der Waals surface area contributed by atoms with E-state index in [1.165, 1.54) is 11.8 Å². The average molecular weight is 451 g/mol. The highest BCUT2D eigenvalue weighted by atomic mass is 35.5. The van der Waals surface area contributed by atoms with Crippen molar-refractivity contribution in [3.63, 3.8) is 0 Å². The highest BCUT2D eigenvalue weighted by molar-refractivity contribution is 8.00. The second-order valence-electron chi connectivity index (χ2n) is 6.66. The first kappa shape index (κ1) is 21.0. The Balaban J connectivity index is 1.83. The molecule has 3 aromatic carbocycles. The molecule has 0 saturated heterocycles. The van der Waals surface area contributed by atoms with E-state index >= 15 is 0 Å². The van der Waals surface area contributed by atoms with Crippen LogP contribution in [0.15, 0.2) is 84.0 Å². The zero-order valence-electron chi connectivity index (χ0n) is 16.6. The summed E-state index contributed by atoms with van der Waals surface area (Å²) in [5.41, 5.74) is 8.16. The third kappa shape index (κ3) is 4.57. The van der Waals surface area contributed by atoms with E-state index < -0.39 is 11.2 Å². The molecule has 2 N–H and O–H groups in total. The number of carbonyl (C=O) groups excluding carboxylic acids is 1. The van der Waals surface area contributed by atoms with Gasteiger partial charge in [0.05, 0.1) is 7.11 Å². The monoisotopic (exact) mass is 450 g/mol. The summed E-state index contributed by atoms with van der Waals surface area (Å²) in [7, 11) is 1.61. The Morgan fingerprint density at radius 2 is 1.77 bits per heavy atom. The Labute approximate surface area is 189 Å². The Kier molecular flexibility index (Phi) is 6.25. The number of halogens is 1. The van der Waals surface area contributed by atoms with Gasteiger partial charge in [0.2, 0.25) is 5.91 Å². The number of primary amides is 1. The van der Waals surface area contributed by atoms with Crippen LogP contribution in [0.1, 0.15) is 10.8 Å². The van der Waals surface area contributed by atoms with Crippen molar-refractivity contribution < 1.29 is 9.53 Å². The van der Waals surface area contributed by atoms with Crippen molar-refractivity contribution in [3.05, 3.63) is 89.4 Å². The van der Waals surface area contributed by atoms with Gasteiger partial charge in [-0.2, -0.15) is 0 Å². The SMILES string of the molecule is COc1cccc(-c2nnc(SC(C(N)=O)c3ccccc3)n2-c2ccc(Cl)cc2)c1. The lowest BCUT2D eigenvalue weighted by molar-refractivity contribution is -0.117. The third-order valence-electron chi connectivity index (χ3n) is 4.63. The number of nitrogens with two attached hydrogens (primary N) is 1. The highest BCUT2D eigenvalue weighted by Crippen LogP contribution is 2.37. The molecule has 1 aromatic heterocycles. The zero-order valence-corrected chi connectivity index (χ0v) is 18.2. The first-order chi connectivity index (χ1) is 15.1. The van der Waals surface area contributed by atoms with Crippen LogP contribution in [0.5, 0.6) is 5.75 Å². The number of benzene rings is 3. The lowest BCUT2D eigenvalue weighted by atomic mass is 10.1. The summed E-state index contributed by atoms with van der Waals surface area (Å²) < 4.78 is 7.24. The van der Waals surface area contributed by atoms with Gasteiger partial charge in [0, 0.05) is 16.3 Å². The molecule has 156 valence electrons. The predicted molar refractivity (Wildman–Crippen MR) is 123 cm³/mol. The lowest BCUT2D eigenvalue weighted by Crippen LogP contribution is -2.19. The maximum atomic E-state index is 12.3. The number of amides is 1. The van der Waals surface area contributed by atoms with Crippen LogP contribution in [-0.4, -0.2) is 27.8 Å². The number of aromatic nitrogens is 3. The molecule has 0 aliphatic rings. The Morgan fingerprint density at radius 3 is 2.45 bits per heavy atom. The predicted octanol–water partition coefficient (Wildman–Crippen LogP) is 4.92. The average Bonchev–Trinajstić information content (AvgIpc) is 3.22. The molecule has 1 atom stereocenters. The van der Waals surface area contributed by atoms with Gasteiger partial charge in [0.25, 0.3) is 0 Å². The minimum Gasteiger partial charge on any atom is -0.497 e. The fourth-order valence-corrected chi connectivity index (χ4v) is 4.27. The fourth-order valence-electron chi connectivity index (χ4n) is 3.14. The topological polar surface area (TPSA) is 83.0 Å². The van der Waals surface area contributed by atoms with E-state index in [2.05, 4.69) is 10.2 Å². The summed E-state index contributed by atoms with van der Waals surface area (Å²) in [4.78, 5) is 12.3. The maximum Gasteiger partial charge on any atom is 0.235 e. The zero-order chi connectivity index (χ0) is 21.8. The molecule has 6 nitrogen and oxygen atoms in total. The van der Waals surface area contributed by atoms with Crippen molar-refractivity contribution in [2.45, 2.75) is 10.4 Å². The van der Waals surface area contributed by atoms with Gasteiger partial charge in [0.1, 0.15) is 11.0 Å². The van der Waals surface area contributed by atoms with Crippen molar-refractivity contribution in [2.24, 2.45) is 5.73 Å². The van der Waals surface area contributed by atoms with Gasteiger partial charge in [-0.05, 0) is 42.0 Å². The molecule has 1 heterocycles. The lowest BCUT2D eigenvalue weighted by Gasteiger charge is -2.15. The van der Waals surface area contributed by atoms with Crippen molar-refractivity contribution >= 4 is 29.3 Å². The Bertz CT molecular complexity index is 1200. The smallest absolute Gasteiger partial charge is 0.235 e. The van der Waals surface area contributed by atoms with E-state index in [0.29, 0.717) is 21.8 Å². The molecule has 0 saturated carbocycles. The van der Waals surface area contributed by atoms with E-state index in [-0.39, 0.29) is 0 Å². The van der Waals surface area contributed by atoms with Crippen LogP contribution in [0.4, 0.5) is 0 Å². The van der Waals surface area contributed by atoms with E-state index in [9.17, 15) is 4.79 Å². The van der Waals surface area contributed by atoms with Crippen LogP contribution in [0, 0.1) is 0 Å². The number of hydrogen-bond acceptors (Lipinski definition) is 5. The van der Waals surface area contributed by atoms with Gasteiger partial charge in [-0.25, -0.2) is 0 Å². The molecule has 0 aliphatic heterocycles.